The Labute approximate surface area is 90.2 Å². The minimum absolute atomic E-state index is 0.0175. The molecular formula is C10H9NO3S. The topological polar surface area (TPSA) is 63.3 Å². The molecule has 0 unspecified atom stereocenters. The summed E-state index contributed by atoms with van der Waals surface area (Å²) in [6.45, 7) is 3.57. The summed E-state index contributed by atoms with van der Waals surface area (Å²) in [5.41, 5.74) is -0.0175. The standard InChI is InChI=1S/C10H9NO3S/c1-5-3-4-7(15-5)9-11-8(10(12)13)6(2)14-9/h3-4H,1-2H3,(H,12,13). The molecule has 0 aliphatic rings. The maximum atomic E-state index is 10.8. The van der Waals surface area contributed by atoms with Crippen LogP contribution in [0.25, 0.3) is 10.8 Å². The second-order valence-corrected chi connectivity index (χ2v) is 4.43. The molecule has 2 aromatic rings. The smallest absolute Gasteiger partial charge is 0.358 e. The van der Waals surface area contributed by atoms with Crippen molar-refractivity contribution < 1.29 is 14.3 Å². The second kappa shape index (κ2) is 3.51. The first-order valence-electron chi connectivity index (χ1n) is 4.35. The summed E-state index contributed by atoms with van der Waals surface area (Å²) < 4.78 is 5.29. The Morgan fingerprint density at radius 2 is 2.20 bits per heavy atom. The lowest BCUT2D eigenvalue weighted by Gasteiger charge is -1.85. The Balaban J connectivity index is 2.46. The van der Waals surface area contributed by atoms with Crippen LogP contribution in [0.15, 0.2) is 16.5 Å². The Kier molecular flexibility index (Phi) is 2.32. The van der Waals surface area contributed by atoms with Crippen molar-refractivity contribution in [1.82, 2.24) is 4.98 Å². The first-order valence-corrected chi connectivity index (χ1v) is 5.17. The van der Waals surface area contributed by atoms with E-state index in [1.807, 2.05) is 19.1 Å². The predicted molar refractivity (Wildman–Crippen MR) is 56.2 cm³/mol. The Morgan fingerprint density at radius 3 is 2.67 bits per heavy atom. The summed E-state index contributed by atoms with van der Waals surface area (Å²) in [6, 6.07) is 3.82. The number of hydrogen-bond donors (Lipinski definition) is 1. The average molecular weight is 223 g/mol. The van der Waals surface area contributed by atoms with Crippen molar-refractivity contribution >= 4 is 17.3 Å². The van der Waals surface area contributed by atoms with Crippen LogP contribution in [0.1, 0.15) is 21.1 Å². The molecule has 0 aliphatic heterocycles. The van der Waals surface area contributed by atoms with E-state index >= 15 is 0 Å². The number of carbonyl (C=O) groups is 1. The minimum atomic E-state index is -1.06. The number of hydrogen-bond acceptors (Lipinski definition) is 4. The summed E-state index contributed by atoms with van der Waals surface area (Å²) in [5, 5.41) is 8.81. The third-order valence-electron chi connectivity index (χ3n) is 1.95. The van der Waals surface area contributed by atoms with Gasteiger partial charge in [0.15, 0.2) is 5.69 Å². The fraction of sp³-hybridized carbons (Fsp3) is 0.200. The van der Waals surface area contributed by atoms with Crippen LogP contribution in [0.4, 0.5) is 0 Å². The quantitative estimate of drug-likeness (QED) is 0.850. The van der Waals surface area contributed by atoms with Crippen LogP contribution >= 0.6 is 11.3 Å². The van der Waals surface area contributed by atoms with Gasteiger partial charge in [-0.1, -0.05) is 0 Å². The fourth-order valence-corrected chi connectivity index (χ4v) is 2.04. The highest BCUT2D eigenvalue weighted by molar-refractivity contribution is 7.15. The molecular weight excluding hydrogens is 214 g/mol. The van der Waals surface area contributed by atoms with Crippen molar-refractivity contribution in [3.63, 3.8) is 0 Å². The molecule has 0 saturated heterocycles. The molecule has 78 valence electrons. The van der Waals surface area contributed by atoms with E-state index in [2.05, 4.69) is 4.98 Å². The normalized spacial score (nSPS) is 10.5. The molecule has 0 atom stereocenters. The van der Waals surface area contributed by atoms with E-state index in [0.717, 1.165) is 9.75 Å². The highest BCUT2D eigenvalue weighted by Gasteiger charge is 2.17. The number of aryl methyl sites for hydroxylation is 2. The molecule has 0 aliphatic carbocycles. The minimum Gasteiger partial charge on any atom is -0.476 e. The van der Waals surface area contributed by atoms with Gasteiger partial charge in [-0.05, 0) is 26.0 Å². The number of aromatic carboxylic acids is 1. The van der Waals surface area contributed by atoms with Crippen LogP contribution in [-0.4, -0.2) is 16.1 Å². The summed E-state index contributed by atoms with van der Waals surface area (Å²) in [6.07, 6.45) is 0. The molecule has 2 rings (SSSR count). The zero-order valence-electron chi connectivity index (χ0n) is 8.27. The average Bonchev–Trinajstić information content (AvgIpc) is 2.71. The molecule has 0 spiro atoms. The summed E-state index contributed by atoms with van der Waals surface area (Å²) in [7, 11) is 0. The van der Waals surface area contributed by atoms with E-state index in [-0.39, 0.29) is 5.69 Å². The lowest BCUT2D eigenvalue weighted by Crippen LogP contribution is -1.98. The number of rotatable bonds is 2. The summed E-state index contributed by atoms with van der Waals surface area (Å²) >= 11 is 1.53. The van der Waals surface area contributed by atoms with Gasteiger partial charge in [0, 0.05) is 4.88 Å². The molecule has 0 amide bonds. The van der Waals surface area contributed by atoms with Gasteiger partial charge in [-0.3, -0.25) is 0 Å². The van der Waals surface area contributed by atoms with Gasteiger partial charge in [0.25, 0.3) is 0 Å². The number of aromatic nitrogens is 1. The fourth-order valence-electron chi connectivity index (χ4n) is 1.25. The highest BCUT2D eigenvalue weighted by Crippen LogP contribution is 2.28. The van der Waals surface area contributed by atoms with Crippen molar-refractivity contribution in [1.29, 1.82) is 0 Å². The first kappa shape index (κ1) is 9.92. The van der Waals surface area contributed by atoms with Gasteiger partial charge < -0.3 is 9.52 Å². The van der Waals surface area contributed by atoms with Crippen LogP contribution < -0.4 is 0 Å². The SMILES string of the molecule is Cc1ccc(-c2nc(C(=O)O)c(C)o2)s1. The lowest BCUT2D eigenvalue weighted by molar-refractivity contribution is 0.0689. The first-order chi connectivity index (χ1) is 7.08. The van der Waals surface area contributed by atoms with Crippen LogP contribution in [0.2, 0.25) is 0 Å². The second-order valence-electron chi connectivity index (χ2n) is 3.14. The molecule has 0 radical (unpaired) electrons. The van der Waals surface area contributed by atoms with E-state index in [9.17, 15) is 4.79 Å². The third kappa shape index (κ3) is 1.78. The highest BCUT2D eigenvalue weighted by atomic mass is 32.1. The van der Waals surface area contributed by atoms with Crippen molar-refractivity contribution in [2.75, 3.05) is 0 Å². The van der Waals surface area contributed by atoms with Gasteiger partial charge in [-0.2, -0.15) is 0 Å². The molecule has 2 heterocycles. The Morgan fingerprint density at radius 1 is 1.47 bits per heavy atom. The molecule has 0 saturated carbocycles. The van der Waals surface area contributed by atoms with E-state index in [4.69, 9.17) is 9.52 Å². The van der Waals surface area contributed by atoms with Gasteiger partial charge in [0.05, 0.1) is 4.88 Å². The summed E-state index contributed by atoms with van der Waals surface area (Å²) in [4.78, 5) is 16.7. The molecule has 2 aromatic heterocycles. The zero-order chi connectivity index (χ0) is 11.0. The molecule has 1 N–H and O–H groups in total. The molecule has 15 heavy (non-hydrogen) atoms. The number of nitrogens with zero attached hydrogens (tertiary/aromatic N) is 1. The van der Waals surface area contributed by atoms with E-state index in [0.29, 0.717) is 11.7 Å². The Hall–Kier alpha value is -1.62. The Bertz CT molecular complexity index is 512. The predicted octanol–water partition coefficient (Wildman–Crippen LogP) is 2.72. The number of carboxylic acid groups (broad SMARTS) is 1. The number of carboxylic acids is 1. The maximum absolute atomic E-state index is 10.8. The van der Waals surface area contributed by atoms with E-state index in [1.165, 1.54) is 11.3 Å². The van der Waals surface area contributed by atoms with Gasteiger partial charge in [-0.25, -0.2) is 9.78 Å². The van der Waals surface area contributed by atoms with Crippen molar-refractivity contribution in [3.8, 4) is 10.8 Å². The third-order valence-corrected chi connectivity index (χ3v) is 2.94. The van der Waals surface area contributed by atoms with Gasteiger partial charge in [0.2, 0.25) is 5.89 Å². The molecule has 0 aromatic carbocycles. The van der Waals surface area contributed by atoms with Crippen molar-refractivity contribution in [2.24, 2.45) is 0 Å². The molecule has 5 heteroatoms. The van der Waals surface area contributed by atoms with E-state index < -0.39 is 5.97 Å². The maximum Gasteiger partial charge on any atom is 0.358 e. The van der Waals surface area contributed by atoms with Crippen LogP contribution in [0, 0.1) is 13.8 Å². The molecule has 0 fully saturated rings. The van der Waals surface area contributed by atoms with Crippen molar-refractivity contribution in [2.45, 2.75) is 13.8 Å². The van der Waals surface area contributed by atoms with Crippen molar-refractivity contribution in [3.05, 3.63) is 28.5 Å². The lowest BCUT2D eigenvalue weighted by atomic mass is 10.4. The number of thiophene rings is 1. The van der Waals surface area contributed by atoms with Gasteiger partial charge >= 0.3 is 5.97 Å². The molecule has 4 nitrogen and oxygen atoms in total. The van der Waals surface area contributed by atoms with Crippen LogP contribution in [0.3, 0.4) is 0 Å². The zero-order valence-corrected chi connectivity index (χ0v) is 9.09. The van der Waals surface area contributed by atoms with Gasteiger partial charge in [0.1, 0.15) is 5.76 Å². The largest absolute Gasteiger partial charge is 0.476 e. The van der Waals surface area contributed by atoms with Crippen LogP contribution in [0.5, 0.6) is 0 Å². The van der Waals surface area contributed by atoms with Gasteiger partial charge in [-0.15, -0.1) is 11.3 Å². The van der Waals surface area contributed by atoms with E-state index in [1.54, 1.807) is 6.92 Å². The molecule has 0 bridgehead atoms. The van der Waals surface area contributed by atoms with Crippen LogP contribution in [-0.2, 0) is 0 Å². The summed E-state index contributed by atoms with van der Waals surface area (Å²) in [5.74, 6) is -0.345. The number of oxazole rings is 1. The monoisotopic (exact) mass is 223 g/mol.